The molecule has 1 saturated heterocycles. The third kappa shape index (κ3) is 1.24. The van der Waals surface area contributed by atoms with Gasteiger partial charge in [0.25, 0.3) is 0 Å². The first-order valence-corrected chi connectivity index (χ1v) is 6.79. The van der Waals surface area contributed by atoms with Crippen LogP contribution < -0.4 is 0 Å². The van der Waals surface area contributed by atoms with Gasteiger partial charge < -0.3 is 0 Å². The van der Waals surface area contributed by atoms with Gasteiger partial charge in [0.1, 0.15) is 0 Å². The predicted molar refractivity (Wildman–Crippen MR) is 47.6 cm³/mol. The number of hydrogen-bond donors (Lipinski definition) is 0. The summed E-state index contributed by atoms with van der Waals surface area (Å²) in [5.74, 6) is 1.52. The number of alkyl halides is 1. The fourth-order valence-corrected chi connectivity index (χ4v) is 5.23. The van der Waals surface area contributed by atoms with Crippen LogP contribution in [0.3, 0.4) is 0 Å². The largest absolute Gasteiger partial charge is 0.229 e. The van der Waals surface area contributed by atoms with Crippen LogP contribution in [0.4, 0.5) is 0 Å². The molecule has 1 heterocycles. The number of sulfone groups is 1. The molecule has 2 nitrogen and oxygen atoms in total. The van der Waals surface area contributed by atoms with Gasteiger partial charge in [0.15, 0.2) is 9.84 Å². The van der Waals surface area contributed by atoms with Crippen molar-refractivity contribution in [3.63, 3.8) is 0 Å². The average molecular weight is 239 g/mol. The minimum atomic E-state index is -2.66. The minimum absolute atomic E-state index is 0.211. The summed E-state index contributed by atoms with van der Waals surface area (Å²) in [6.45, 7) is 0. The average Bonchev–Trinajstić information content (AvgIpc) is 2.49. The molecule has 2 rings (SSSR count). The van der Waals surface area contributed by atoms with Crippen LogP contribution in [0, 0.1) is 11.3 Å². The smallest absolute Gasteiger partial charge is 0.150 e. The number of rotatable bonds is 1. The van der Waals surface area contributed by atoms with Crippen molar-refractivity contribution in [3.8, 4) is 0 Å². The molecule has 2 aliphatic rings. The quantitative estimate of drug-likeness (QED) is 0.644. The molecule has 0 amide bonds. The zero-order valence-electron chi connectivity index (χ0n) is 6.22. The summed E-state index contributed by atoms with van der Waals surface area (Å²) in [6.07, 6.45) is 2.03. The summed E-state index contributed by atoms with van der Waals surface area (Å²) in [7, 11) is -2.66. The van der Waals surface area contributed by atoms with E-state index in [0.29, 0.717) is 17.4 Å². The molecule has 2 atom stereocenters. The van der Waals surface area contributed by atoms with E-state index in [9.17, 15) is 8.42 Å². The molecular weight excluding hydrogens is 228 g/mol. The van der Waals surface area contributed by atoms with E-state index in [2.05, 4.69) is 15.9 Å². The van der Waals surface area contributed by atoms with Gasteiger partial charge in [-0.05, 0) is 24.2 Å². The molecule has 0 aromatic heterocycles. The van der Waals surface area contributed by atoms with Gasteiger partial charge in [0.2, 0.25) is 0 Å². The lowest BCUT2D eigenvalue weighted by Crippen LogP contribution is -2.07. The summed E-state index contributed by atoms with van der Waals surface area (Å²) >= 11 is 3.40. The third-order valence-corrected chi connectivity index (χ3v) is 5.59. The first-order valence-electron chi connectivity index (χ1n) is 3.84. The fraction of sp³-hybridized carbons (Fsp3) is 1.00. The lowest BCUT2D eigenvalue weighted by molar-refractivity contribution is 0.537. The van der Waals surface area contributed by atoms with Crippen molar-refractivity contribution in [1.82, 2.24) is 0 Å². The molecule has 1 aliphatic heterocycles. The first kappa shape index (κ1) is 8.05. The number of halogens is 1. The molecule has 0 bridgehead atoms. The monoisotopic (exact) mass is 238 g/mol. The SMILES string of the molecule is O=S1(=O)CCC2(CC2CBr)C1. The molecule has 0 aromatic rings. The molecule has 1 spiro atoms. The summed E-state index contributed by atoms with van der Waals surface area (Å²) in [4.78, 5) is 0. The lowest BCUT2D eigenvalue weighted by atomic mass is 10.0. The van der Waals surface area contributed by atoms with E-state index in [1.165, 1.54) is 0 Å². The van der Waals surface area contributed by atoms with Crippen LogP contribution in [0.15, 0.2) is 0 Å². The molecular formula is C7H11BrO2S. The highest BCUT2D eigenvalue weighted by Gasteiger charge is 2.58. The molecule has 0 N–H and O–H groups in total. The summed E-state index contributed by atoms with van der Waals surface area (Å²) < 4.78 is 22.3. The Morgan fingerprint density at radius 1 is 1.55 bits per heavy atom. The molecule has 2 unspecified atom stereocenters. The molecule has 4 heteroatoms. The highest BCUT2D eigenvalue weighted by molar-refractivity contribution is 9.09. The van der Waals surface area contributed by atoms with Gasteiger partial charge in [0.05, 0.1) is 11.5 Å². The van der Waals surface area contributed by atoms with E-state index in [0.717, 1.165) is 18.2 Å². The van der Waals surface area contributed by atoms with E-state index in [-0.39, 0.29) is 5.41 Å². The van der Waals surface area contributed by atoms with Crippen molar-refractivity contribution in [2.45, 2.75) is 12.8 Å². The van der Waals surface area contributed by atoms with E-state index < -0.39 is 9.84 Å². The van der Waals surface area contributed by atoms with Crippen LogP contribution >= 0.6 is 15.9 Å². The Bertz CT molecular complexity index is 272. The molecule has 1 aliphatic carbocycles. The Hall–Kier alpha value is 0.430. The second-order valence-electron chi connectivity index (χ2n) is 3.76. The highest BCUT2D eigenvalue weighted by Crippen LogP contribution is 2.59. The van der Waals surface area contributed by atoms with E-state index in [1.807, 2.05) is 0 Å². The van der Waals surface area contributed by atoms with Gasteiger partial charge in [-0.3, -0.25) is 0 Å². The van der Waals surface area contributed by atoms with Gasteiger partial charge in [-0.2, -0.15) is 0 Å². The maximum atomic E-state index is 11.1. The Labute approximate surface area is 75.4 Å². The van der Waals surface area contributed by atoms with Gasteiger partial charge in [0, 0.05) is 5.33 Å². The van der Waals surface area contributed by atoms with Crippen LogP contribution in [0.5, 0.6) is 0 Å². The van der Waals surface area contributed by atoms with Crippen LogP contribution in [-0.4, -0.2) is 25.3 Å². The number of hydrogen-bond acceptors (Lipinski definition) is 2. The van der Waals surface area contributed by atoms with Gasteiger partial charge in [-0.15, -0.1) is 0 Å². The van der Waals surface area contributed by atoms with Crippen molar-refractivity contribution in [1.29, 1.82) is 0 Å². The Morgan fingerprint density at radius 2 is 2.27 bits per heavy atom. The maximum absolute atomic E-state index is 11.1. The van der Waals surface area contributed by atoms with E-state index in [1.54, 1.807) is 0 Å². The molecule has 11 heavy (non-hydrogen) atoms. The second-order valence-corrected chi connectivity index (χ2v) is 6.59. The normalized spacial score (nSPS) is 46.5. The summed E-state index contributed by atoms with van der Waals surface area (Å²) in [5.41, 5.74) is 0.211. The van der Waals surface area contributed by atoms with Crippen molar-refractivity contribution in [3.05, 3.63) is 0 Å². The maximum Gasteiger partial charge on any atom is 0.150 e. The molecule has 0 aromatic carbocycles. The second kappa shape index (κ2) is 2.22. The van der Waals surface area contributed by atoms with Crippen LogP contribution in [0.25, 0.3) is 0 Å². The standard InChI is InChI=1S/C7H11BrO2S/c8-4-6-3-7(6)1-2-11(9,10)5-7/h6H,1-5H2. The predicted octanol–water partition coefficient (Wildman–Crippen LogP) is 1.21. The van der Waals surface area contributed by atoms with Crippen LogP contribution in [-0.2, 0) is 9.84 Å². The van der Waals surface area contributed by atoms with Crippen LogP contribution in [0.1, 0.15) is 12.8 Å². The molecule has 64 valence electrons. The first-order chi connectivity index (χ1) is 5.08. The molecule has 2 fully saturated rings. The van der Waals surface area contributed by atoms with Crippen molar-refractivity contribution in [2.75, 3.05) is 16.8 Å². The molecule has 1 saturated carbocycles. The van der Waals surface area contributed by atoms with Gasteiger partial charge >= 0.3 is 0 Å². The highest BCUT2D eigenvalue weighted by atomic mass is 79.9. The summed E-state index contributed by atoms with van der Waals surface area (Å²) in [6, 6.07) is 0. The van der Waals surface area contributed by atoms with Crippen LogP contribution in [0.2, 0.25) is 0 Å². The zero-order chi connectivity index (χ0) is 8.11. The summed E-state index contributed by atoms with van der Waals surface area (Å²) in [5, 5.41) is 0.975. The Morgan fingerprint density at radius 3 is 2.64 bits per heavy atom. The Kier molecular flexibility index (Phi) is 1.63. The van der Waals surface area contributed by atoms with E-state index >= 15 is 0 Å². The Balaban J connectivity index is 2.13. The zero-order valence-corrected chi connectivity index (χ0v) is 8.62. The van der Waals surface area contributed by atoms with Crippen molar-refractivity contribution in [2.24, 2.45) is 11.3 Å². The van der Waals surface area contributed by atoms with Crippen molar-refractivity contribution >= 4 is 25.8 Å². The van der Waals surface area contributed by atoms with Gasteiger partial charge in [-0.1, -0.05) is 15.9 Å². The minimum Gasteiger partial charge on any atom is -0.229 e. The molecule has 0 radical (unpaired) electrons. The van der Waals surface area contributed by atoms with Gasteiger partial charge in [-0.25, -0.2) is 8.42 Å². The third-order valence-electron chi connectivity index (χ3n) is 2.96. The topological polar surface area (TPSA) is 34.1 Å². The lowest BCUT2D eigenvalue weighted by Gasteiger charge is -2.02. The fourth-order valence-electron chi connectivity index (χ4n) is 2.07. The van der Waals surface area contributed by atoms with E-state index in [4.69, 9.17) is 0 Å². The van der Waals surface area contributed by atoms with Crippen molar-refractivity contribution < 1.29 is 8.42 Å².